The Kier molecular flexibility index (Phi) is 6.14. The van der Waals surface area contributed by atoms with Gasteiger partial charge in [-0.15, -0.1) is 0 Å². The van der Waals surface area contributed by atoms with E-state index in [1.807, 2.05) is 27.7 Å². The fraction of sp³-hybridized carbons (Fsp3) is 0.533. The molecular weight excluding hydrogens is 270 g/mol. The van der Waals surface area contributed by atoms with Gasteiger partial charge in [-0.2, -0.15) is 0 Å². The van der Waals surface area contributed by atoms with Crippen molar-refractivity contribution < 1.29 is 9.72 Å². The van der Waals surface area contributed by atoms with Crippen LogP contribution in [-0.4, -0.2) is 34.9 Å². The molecular formula is C15H23N3O3. The summed E-state index contributed by atoms with van der Waals surface area (Å²) in [7, 11) is 0. The van der Waals surface area contributed by atoms with E-state index >= 15 is 0 Å². The zero-order valence-electron chi connectivity index (χ0n) is 13.0. The Hall–Kier alpha value is -2.11. The molecule has 0 aliphatic heterocycles. The Balaban J connectivity index is 3.28. The molecule has 0 fully saturated rings. The molecule has 0 aromatic heterocycles. The van der Waals surface area contributed by atoms with Gasteiger partial charge in [-0.3, -0.25) is 14.9 Å². The third-order valence-electron chi connectivity index (χ3n) is 3.24. The second-order valence-electron chi connectivity index (χ2n) is 5.07. The molecule has 0 atom stereocenters. The van der Waals surface area contributed by atoms with Crippen LogP contribution >= 0.6 is 0 Å². The first kappa shape index (κ1) is 16.9. The van der Waals surface area contributed by atoms with E-state index in [4.69, 9.17) is 0 Å². The number of nitro benzene ring substituents is 1. The van der Waals surface area contributed by atoms with E-state index in [0.717, 1.165) is 6.42 Å². The van der Waals surface area contributed by atoms with Gasteiger partial charge in [0.25, 0.3) is 5.91 Å². The number of amides is 1. The Morgan fingerprint density at radius 3 is 2.52 bits per heavy atom. The van der Waals surface area contributed by atoms with Crippen LogP contribution in [0.4, 0.5) is 11.4 Å². The molecule has 0 heterocycles. The van der Waals surface area contributed by atoms with Crippen molar-refractivity contribution >= 4 is 17.3 Å². The summed E-state index contributed by atoms with van der Waals surface area (Å²) in [6.45, 7) is 8.77. The number of carbonyl (C=O) groups excluding carboxylic acids is 1. The molecule has 0 saturated carbocycles. The predicted molar refractivity (Wildman–Crippen MR) is 83.7 cm³/mol. The van der Waals surface area contributed by atoms with Crippen LogP contribution in [0.1, 0.15) is 44.5 Å². The van der Waals surface area contributed by atoms with Crippen LogP contribution in [0.5, 0.6) is 0 Å². The van der Waals surface area contributed by atoms with Crippen molar-refractivity contribution in [3.05, 3.63) is 33.9 Å². The predicted octanol–water partition coefficient (Wildman–Crippen LogP) is 3.29. The summed E-state index contributed by atoms with van der Waals surface area (Å²) in [6, 6.07) is 4.82. The van der Waals surface area contributed by atoms with Gasteiger partial charge < -0.3 is 10.2 Å². The summed E-state index contributed by atoms with van der Waals surface area (Å²) in [4.78, 5) is 25.1. The zero-order chi connectivity index (χ0) is 16.0. The van der Waals surface area contributed by atoms with E-state index in [2.05, 4.69) is 5.32 Å². The van der Waals surface area contributed by atoms with Crippen molar-refractivity contribution in [1.82, 2.24) is 4.90 Å². The van der Waals surface area contributed by atoms with E-state index in [9.17, 15) is 14.9 Å². The number of nitrogens with zero attached hydrogens (tertiary/aromatic N) is 2. The van der Waals surface area contributed by atoms with Crippen molar-refractivity contribution in [2.24, 2.45) is 0 Å². The fourth-order valence-electron chi connectivity index (χ4n) is 2.21. The zero-order valence-corrected chi connectivity index (χ0v) is 13.0. The van der Waals surface area contributed by atoms with Crippen molar-refractivity contribution in [3.63, 3.8) is 0 Å². The number of benzene rings is 1. The van der Waals surface area contributed by atoms with Crippen LogP contribution in [-0.2, 0) is 0 Å². The standard InChI is InChI=1S/C15H23N3O3/c1-5-10-16-13-9-7-8-12(14(13)18(20)21)15(19)17(6-2)11(3)4/h7-9,11,16H,5-6,10H2,1-4H3. The molecule has 0 bridgehead atoms. The van der Waals surface area contributed by atoms with Gasteiger partial charge in [0.2, 0.25) is 0 Å². The first-order chi connectivity index (χ1) is 9.93. The number of nitro groups is 1. The smallest absolute Gasteiger partial charge is 0.305 e. The number of rotatable bonds is 7. The molecule has 0 unspecified atom stereocenters. The number of para-hydroxylation sites is 1. The van der Waals surface area contributed by atoms with Crippen LogP contribution < -0.4 is 5.32 Å². The Morgan fingerprint density at radius 1 is 1.38 bits per heavy atom. The SMILES string of the molecule is CCCNc1cccc(C(=O)N(CC)C(C)C)c1[N+](=O)[O-]. The molecule has 0 radical (unpaired) electrons. The summed E-state index contributed by atoms with van der Waals surface area (Å²) in [5.74, 6) is -0.306. The van der Waals surface area contributed by atoms with Crippen LogP contribution in [0.3, 0.4) is 0 Å². The maximum Gasteiger partial charge on any atom is 0.305 e. The van der Waals surface area contributed by atoms with E-state index in [0.29, 0.717) is 18.8 Å². The van der Waals surface area contributed by atoms with E-state index < -0.39 is 4.92 Å². The number of hydrogen-bond donors (Lipinski definition) is 1. The summed E-state index contributed by atoms with van der Waals surface area (Å²) < 4.78 is 0. The average molecular weight is 293 g/mol. The molecule has 0 spiro atoms. The van der Waals surface area contributed by atoms with E-state index in [1.54, 1.807) is 17.0 Å². The highest BCUT2D eigenvalue weighted by atomic mass is 16.6. The lowest BCUT2D eigenvalue weighted by Crippen LogP contribution is -2.37. The molecule has 116 valence electrons. The first-order valence-electron chi connectivity index (χ1n) is 7.26. The third-order valence-corrected chi connectivity index (χ3v) is 3.24. The number of hydrogen-bond acceptors (Lipinski definition) is 4. The van der Waals surface area contributed by atoms with E-state index in [1.165, 1.54) is 6.07 Å². The van der Waals surface area contributed by atoms with Gasteiger partial charge in [0.15, 0.2) is 0 Å². The molecule has 6 heteroatoms. The number of nitrogens with one attached hydrogen (secondary N) is 1. The quantitative estimate of drug-likeness (QED) is 0.618. The topological polar surface area (TPSA) is 75.5 Å². The fourth-order valence-corrected chi connectivity index (χ4v) is 2.21. The second-order valence-corrected chi connectivity index (χ2v) is 5.07. The molecule has 21 heavy (non-hydrogen) atoms. The molecule has 1 amide bonds. The average Bonchev–Trinajstić information content (AvgIpc) is 2.44. The van der Waals surface area contributed by atoms with Crippen LogP contribution in [0.25, 0.3) is 0 Å². The van der Waals surface area contributed by atoms with Gasteiger partial charge in [-0.25, -0.2) is 0 Å². The Morgan fingerprint density at radius 2 is 2.05 bits per heavy atom. The summed E-state index contributed by atoms with van der Waals surface area (Å²) >= 11 is 0. The lowest BCUT2D eigenvalue weighted by atomic mass is 10.1. The molecule has 1 rings (SSSR count). The lowest BCUT2D eigenvalue weighted by Gasteiger charge is -2.25. The number of carbonyl (C=O) groups is 1. The van der Waals surface area contributed by atoms with Gasteiger partial charge in [0, 0.05) is 19.1 Å². The van der Waals surface area contributed by atoms with Crippen molar-refractivity contribution in [2.75, 3.05) is 18.4 Å². The minimum atomic E-state index is -0.487. The minimum Gasteiger partial charge on any atom is -0.379 e. The number of anilines is 1. The van der Waals surface area contributed by atoms with Crippen molar-refractivity contribution in [3.8, 4) is 0 Å². The maximum absolute atomic E-state index is 12.6. The Bertz CT molecular complexity index is 515. The van der Waals surface area contributed by atoms with E-state index in [-0.39, 0.29) is 23.2 Å². The van der Waals surface area contributed by atoms with Gasteiger partial charge in [0.05, 0.1) is 4.92 Å². The molecule has 0 aliphatic carbocycles. The second kappa shape index (κ2) is 7.61. The molecule has 1 aromatic carbocycles. The van der Waals surface area contributed by atoms with Crippen LogP contribution in [0.15, 0.2) is 18.2 Å². The lowest BCUT2D eigenvalue weighted by molar-refractivity contribution is -0.384. The van der Waals surface area contributed by atoms with Gasteiger partial charge in [-0.05, 0) is 39.3 Å². The third kappa shape index (κ3) is 3.93. The normalized spacial score (nSPS) is 10.5. The van der Waals surface area contributed by atoms with Gasteiger partial charge in [-0.1, -0.05) is 13.0 Å². The molecule has 0 saturated heterocycles. The summed E-state index contributed by atoms with van der Waals surface area (Å²) in [5.41, 5.74) is 0.388. The van der Waals surface area contributed by atoms with Crippen LogP contribution in [0, 0.1) is 10.1 Å². The first-order valence-corrected chi connectivity index (χ1v) is 7.26. The van der Waals surface area contributed by atoms with Gasteiger partial charge >= 0.3 is 5.69 Å². The largest absolute Gasteiger partial charge is 0.379 e. The Labute approximate surface area is 125 Å². The van der Waals surface area contributed by atoms with Crippen molar-refractivity contribution in [1.29, 1.82) is 0 Å². The van der Waals surface area contributed by atoms with Gasteiger partial charge in [0.1, 0.15) is 11.3 Å². The highest BCUT2D eigenvalue weighted by molar-refractivity contribution is 6.00. The highest BCUT2D eigenvalue weighted by Crippen LogP contribution is 2.30. The summed E-state index contributed by atoms with van der Waals surface area (Å²) in [6.07, 6.45) is 0.850. The summed E-state index contributed by atoms with van der Waals surface area (Å²) in [5, 5.41) is 14.4. The van der Waals surface area contributed by atoms with Crippen LogP contribution in [0.2, 0.25) is 0 Å². The van der Waals surface area contributed by atoms with Crippen molar-refractivity contribution in [2.45, 2.75) is 40.2 Å². The monoisotopic (exact) mass is 293 g/mol. The highest BCUT2D eigenvalue weighted by Gasteiger charge is 2.28. The maximum atomic E-state index is 12.6. The molecule has 1 aromatic rings. The molecule has 0 aliphatic rings. The minimum absolute atomic E-state index is 0.00522. The molecule has 1 N–H and O–H groups in total. The molecule has 6 nitrogen and oxygen atoms in total.